The van der Waals surface area contributed by atoms with E-state index in [1.165, 1.54) is 6.33 Å². The lowest BCUT2D eigenvalue weighted by molar-refractivity contribution is -0.160. The largest absolute Gasteiger partial charge is 0.463 e. The van der Waals surface area contributed by atoms with Gasteiger partial charge in [0, 0.05) is 6.42 Å². The zero-order chi connectivity index (χ0) is 14.8. The Morgan fingerprint density at radius 1 is 1.38 bits per heavy atom. The molecule has 0 amide bonds. The normalized spacial score (nSPS) is 17.7. The maximum absolute atomic E-state index is 12.2. The molecule has 0 aliphatic carbocycles. The van der Waals surface area contributed by atoms with Gasteiger partial charge in [-0.3, -0.25) is 14.2 Å². The van der Waals surface area contributed by atoms with Crippen LogP contribution in [0.4, 0.5) is 0 Å². The fourth-order valence-electron chi connectivity index (χ4n) is 2.14. The van der Waals surface area contributed by atoms with E-state index >= 15 is 0 Å². The Morgan fingerprint density at radius 2 is 2.19 bits per heavy atom. The first-order chi connectivity index (χ1) is 10.1. The van der Waals surface area contributed by atoms with Gasteiger partial charge in [0.2, 0.25) is 6.10 Å². The average Bonchev–Trinajstić information content (AvgIpc) is 2.87. The van der Waals surface area contributed by atoms with E-state index in [1.54, 1.807) is 24.3 Å². The van der Waals surface area contributed by atoms with Crippen molar-refractivity contribution in [2.45, 2.75) is 19.1 Å². The highest BCUT2D eigenvalue weighted by atomic mass is 16.6. The van der Waals surface area contributed by atoms with Crippen molar-refractivity contribution < 1.29 is 19.1 Å². The van der Waals surface area contributed by atoms with E-state index in [0.717, 1.165) is 4.57 Å². The van der Waals surface area contributed by atoms with E-state index in [4.69, 9.17) is 9.47 Å². The smallest absolute Gasteiger partial charge is 0.347 e. The Hall–Kier alpha value is -2.70. The summed E-state index contributed by atoms with van der Waals surface area (Å²) in [5.74, 6) is -1.22. The van der Waals surface area contributed by atoms with Crippen molar-refractivity contribution in [2.75, 3.05) is 6.61 Å². The molecule has 108 valence electrons. The Bertz CT molecular complexity index is 767. The minimum Gasteiger partial charge on any atom is -0.463 e. The van der Waals surface area contributed by atoms with Crippen molar-refractivity contribution in [3.05, 3.63) is 40.9 Å². The summed E-state index contributed by atoms with van der Waals surface area (Å²) in [6.45, 7) is -0.0469. The number of hydrogen-bond donors (Lipinski definition) is 0. The van der Waals surface area contributed by atoms with Gasteiger partial charge in [0.25, 0.3) is 5.56 Å². The summed E-state index contributed by atoms with van der Waals surface area (Å²) in [5, 5.41) is 0.424. The van der Waals surface area contributed by atoms with Gasteiger partial charge in [-0.1, -0.05) is 12.1 Å². The molecule has 1 atom stereocenters. The lowest BCUT2D eigenvalue weighted by Crippen LogP contribution is -2.29. The topological polar surface area (TPSA) is 87.5 Å². The summed E-state index contributed by atoms with van der Waals surface area (Å²) in [5.41, 5.74) is 0.234. The molecule has 0 bridgehead atoms. The van der Waals surface area contributed by atoms with Gasteiger partial charge < -0.3 is 9.47 Å². The van der Waals surface area contributed by atoms with Crippen LogP contribution in [0.2, 0.25) is 0 Å². The van der Waals surface area contributed by atoms with Crippen LogP contribution in [0.5, 0.6) is 0 Å². The zero-order valence-electron chi connectivity index (χ0n) is 11.0. The van der Waals surface area contributed by atoms with Crippen molar-refractivity contribution in [3.63, 3.8) is 0 Å². The predicted molar refractivity (Wildman–Crippen MR) is 71.5 cm³/mol. The molecule has 1 aliphatic rings. The molecular weight excluding hydrogens is 276 g/mol. The molecule has 1 aromatic heterocycles. The maximum atomic E-state index is 12.2. The maximum Gasteiger partial charge on any atom is 0.347 e. The second kappa shape index (κ2) is 5.35. The molecule has 1 aliphatic heterocycles. The number of para-hydroxylation sites is 1. The van der Waals surface area contributed by atoms with Gasteiger partial charge >= 0.3 is 11.9 Å². The Morgan fingerprint density at radius 3 is 2.95 bits per heavy atom. The molecule has 2 heterocycles. The second-order valence-corrected chi connectivity index (χ2v) is 4.63. The highest BCUT2D eigenvalue weighted by molar-refractivity contribution is 5.81. The van der Waals surface area contributed by atoms with Crippen molar-refractivity contribution >= 4 is 22.8 Å². The lowest BCUT2D eigenvalue weighted by atomic mass is 10.2. The third-order valence-corrected chi connectivity index (χ3v) is 3.19. The molecule has 1 saturated heterocycles. The van der Waals surface area contributed by atoms with Crippen LogP contribution >= 0.6 is 0 Å². The lowest BCUT2D eigenvalue weighted by Gasteiger charge is -2.09. The van der Waals surface area contributed by atoms with Crippen LogP contribution in [-0.4, -0.2) is 34.2 Å². The Balaban J connectivity index is 1.78. The molecule has 1 fully saturated rings. The number of rotatable bonds is 3. The minimum atomic E-state index is -0.874. The Labute approximate surface area is 119 Å². The van der Waals surface area contributed by atoms with Crippen molar-refractivity contribution in [3.8, 4) is 0 Å². The van der Waals surface area contributed by atoms with E-state index < -0.39 is 18.0 Å². The number of nitrogens with zero attached hydrogens (tertiary/aromatic N) is 2. The molecule has 3 rings (SSSR count). The first-order valence-corrected chi connectivity index (χ1v) is 6.45. The van der Waals surface area contributed by atoms with Gasteiger partial charge in [0.15, 0.2) is 0 Å². The molecule has 1 unspecified atom stereocenters. The number of ether oxygens (including phenoxy) is 2. The number of cyclic esters (lactones) is 1. The number of carbonyl (C=O) groups excluding carboxylic acids is 2. The van der Waals surface area contributed by atoms with Crippen LogP contribution in [0.1, 0.15) is 6.42 Å². The minimum absolute atomic E-state index is 0.244. The van der Waals surface area contributed by atoms with Crippen LogP contribution in [0.3, 0.4) is 0 Å². The van der Waals surface area contributed by atoms with E-state index in [2.05, 4.69) is 4.98 Å². The molecule has 0 radical (unpaired) electrons. The molecule has 21 heavy (non-hydrogen) atoms. The molecule has 7 nitrogen and oxygen atoms in total. The molecule has 0 saturated carbocycles. The van der Waals surface area contributed by atoms with Crippen LogP contribution in [-0.2, 0) is 25.6 Å². The molecule has 1 aromatic carbocycles. The van der Waals surface area contributed by atoms with Crippen molar-refractivity contribution in [1.29, 1.82) is 0 Å². The predicted octanol–water partition coefficient (Wildman–Crippen LogP) is 0.255. The van der Waals surface area contributed by atoms with E-state index in [1.807, 2.05) is 0 Å². The van der Waals surface area contributed by atoms with E-state index in [0.29, 0.717) is 17.3 Å². The first-order valence-electron chi connectivity index (χ1n) is 6.45. The monoisotopic (exact) mass is 288 g/mol. The standard InChI is InChI=1S/C14H12N2O5/c17-12(21-11-5-6-20-14(11)19)7-16-8-15-10-4-2-1-3-9(10)13(16)18/h1-4,8,11H,5-7H2. The molecular formula is C14H12N2O5. The molecule has 0 N–H and O–H groups in total. The third-order valence-electron chi connectivity index (χ3n) is 3.19. The van der Waals surface area contributed by atoms with Crippen LogP contribution < -0.4 is 5.56 Å². The quantitative estimate of drug-likeness (QED) is 0.753. The number of benzene rings is 1. The number of fused-ring (bicyclic) bond motifs is 1. The Kier molecular flexibility index (Phi) is 3.39. The summed E-state index contributed by atoms with van der Waals surface area (Å²) in [4.78, 5) is 39.3. The highest BCUT2D eigenvalue weighted by Gasteiger charge is 2.30. The van der Waals surface area contributed by atoms with E-state index in [9.17, 15) is 14.4 Å². The van der Waals surface area contributed by atoms with Crippen LogP contribution in [0.15, 0.2) is 35.4 Å². The summed E-state index contributed by atoms with van der Waals surface area (Å²) < 4.78 is 10.9. The van der Waals surface area contributed by atoms with E-state index in [-0.39, 0.29) is 18.7 Å². The van der Waals surface area contributed by atoms with Crippen molar-refractivity contribution in [2.24, 2.45) is 0 Å². The van der Waals surface area contributed by atoms with Gasteiger partial charge in [-0.15, -0.1) is 0 Å². The third kappa shape index (κ3) is 2.62. The van der Waals surface area contributed by atoms with Gasteiger partial charge in [-0.25, -0.2) is 9.78 Å². The highest BCUT2D eigenvalue weighted by Crippen LogP contribution is 2.11. The first kappa shape index (κ1) is 13.3. The van der Waals surface area contributed by atoms with Gasteiger partial charge in [-0.2, -0.15) is 0 Å². The van der Waals surface area contributed by atoms with Crippen LogP contribution in [0.25, 0.3) is 10.9 Å². The average molecular weight is 288 g/mol. The van der Waals surface area contributed by atoms with Gasteiger partial charge in [0.1, 0.15) is 6.54 Å². The summed E-state index contributed by atoms with van der Waals surface area (Å²) in [7, 11) is 0. The van der Waals surface area contributed by atoms with Crippen LogP contribution in [0, 0.1) is 0 Å². The van der Waals surface area contributed by atoms with Gasteiger partial charge in [0.05, 0.1) is 23.8 Å². The van der Waals surface area contributed by atoms with Crippen molar-refractivity contribution in [1.82, 2.24) is 9.55 Å². The number of carbonyl (C=O) groups is 2. The fourth-order valence-corrected chi connectivity index (χ4v) is 2.14. The molecule has 7 heteroatoms. The molecule has 2 aromatic rings. The summed E-state index contributed by atoms with van der Waals surface area (Å²) >= 11 is 0. The number of hydrogen-bond acceptors (Lipinski definition) is 6. The summed E-state index contributed by atoms with van der Waals surface area (Å²) in [6.07, 6.45) is 0.760. The number of esters is 2. The summed E-state index contributed by atoms with van der Waals surface area (Å²) in [6, 6.07) is 6.86. The zero-order valence-corrected chi connectivity index (χ0v) is 11.0. The fraction of sp³-hybridized carbons (Fsp3) is 0.286. The second-order valence-electron chi connectivity index (χ2n) is 4.63. The van der Waals surface area contributed by atoms with Gasteiger partial charge in [-0.05, 0) is 12.1 Å². The SMILES string of the molecule is O=C(Cn1cnc2ccccc2c1=O)OC1CCOC1=O. The number of aromatic nitrogens is 2. The molecule has 0 spiro atoms.